The zero-order valence-corrected chi connectivity index (χ0v) is 20.1. The van der Waals surface area contributed by atoms with Gasteiger partial charge in [-0.2, -0.15) is 0 Å². The average molecular weight is 470 g/mol. The standard InChI is InChI=1S/C24H21N7O2.C2H6/c1-13-21(14(2)33-31-13)16-9-17(22-18(10-16)29-23(30-22)15-3-4-15)24(32,19-11-25-5-7-27-19)20-12-26-6-8-28-20;1-2/h5-12,15,32H,3-4H2,1-2H3,(H,29,30);1-2H3. The third-order valence-electron chi connectivity index (χ3n) is 6.15. The Hall–Kier alpha value is -3.98. The van der Waals surface area contributed by atoms with E-state index in [1.165, 1.54) is 12.4 Å². The number of aromatic nitrogens is 7. The molecule has 1 aliphatic rings. The number of imidazole rings is 1. The van der Waals surface area contributed by atoms with Crippen LogP contribution in [0.15, 0.2) is 53.8 Å². The monoisotopic (exact) mass is 469 g/mol. The third-order valence-corrected chi connectivity index (χ3v) is 6.15. The van der Waals surface area contributed by atoms with E-state index in [0.717, 1.165) is 41.0 Å². The smallest absolute Gasteiger partial charge is 0.179 e. The lowest BCUT2D eigenvalue weighted by Crippen LogP contribution is -2.32. The van der Waals surface area contributed by atoms with E-state index in [4.69, 9.17) is 9.51 Å². The van der Waals surface area contributed by atoms with Gasteiger partial charge in [0.05, 0.1) is 29.1 Å². The predicted molar refractivity (Wildman–Crippen MR) is 131 cm³/mol. The number of nitrogens with zero attached hydrogens (tertiary/aromatic N) is 6. The molecular weight excluding hydrogens is 442 g/mol. The maximum absolute atomic E-state index is 12.3. The highest BCUT2D eigenvalue weighted by Gasteiger charge is 2.41. The molecule has 1 aromatic carbocycles. The van der Waals surface area contributed by atoms with Crippen LogP contribution in [0.3, 0.4) is 0 Å². The Balaban J connectivity index is 0.00000124. The van der Waals surface area contributed by atoms with Crippen LogP contribution in [0.4, 0.5) is 0 Å². The predicted octanol–water partition coefficient (Wildman–Crippen LogP) is 4.60. The van der Waals surface area contributed by atoms with E-state index in [-0.39, 0.29) is 0 Å². The van der Waals surface area contributed by atoms with Gasteiger partial charge in [-0.1, -0.05) is 19.0 Å². The first-order valence-electron chi connectivity index (χ1n) is 11.8. The molecule has 2 N–H and O–H groups in total. The van der Waals surface area contributed by atoms with Gasteiger partial charge in [0.1, 0.15) is 23.0 Å². The molecule has 0 unspecified atom stereocenters. The average Bonchev–Trinajstić information content (AvgIpc) is 3.59. The van der Waals surface area contributed by atoms with Crippen LogP contribution >= 0.6 is 0 Å². The molecule has 0 amide bonds. The van der Waals surface area contributed by atoms with E-state index in [1.54, 1.807) is 24.8 Å². The van der Waals surface area contributed by atoms with Crippen molar-refractivity contribution in [2.24, 2.45) is 0 Å². The van der Waals surface area contributed by atoms with Crippen molar-refractivity contribution in [2.45, 2.75) is 52.1 Å². The molecule has 9 heteroatoms. The number of aromatic amines is 1. The molecular formula is C26H27N7O2. The molecule has 5 aromatic rings. The largest absolute Gasteiger partial charge is 0.373 e. The van der Waals surface area contributed by atoms with E-state index in [9.17, 15) is 5.11 Å². The number of hydrogen-bond acceptors (Lipinski definition) is 8. The first-order chi connectivity index (χ1) is 17.1. The number of fused-ring (bicyclic) bond motifs is 1. The molecule has 0 aliphatic heterocycles. The fourth-order valence-electron chi connectivity index (χ4n) is 4.38. The lowest BCUT2D eigenvalue weighted by molar-refractivity contribution is 0.116. The van der Waals surface area contributed by atoms with Gasteiger partial charge in [0, 0.05) is 41.8 Å². The maximum atomic E-state index is 12.3. The van der Waals surface area contributed by atoms with Crippen molar-refractivity contribution in [3.05, 3.63) is 83.5 Å². The second-order valence-electron chi connectivity index (χ2n) is 8.41. The number of nitrogens with one attached hydrogen (secondary N) is 1. The molecule has 4 aromatic heterocycles. The van der Waals surface area contributed by atoms with Gasteiger partial charge in [0.15, 0.2) is 5.60 Å². The number of H-pyrrole nitrogens is 1. The second-order valence-corrected chi connectivity index (χ2v) is 8.41. The van der Waals surface area contributed by atoms with Crippen molar-refractivity contribution < 1.29 is 9.63 Å². The van der Waals surface area contributed by atoms with Gasteiger partial charge in [0.25, 0.3) is 0 Å². The molecule has 35 heavy (non-hydrogen) atoms. The van der Waals surface area contributed by atoms with Crippen LogP contribution in [0.25, 0.3) is 22.2 Å². The highest BCUT2D eigenvalue weighted by Crippen LogP contribution is 2.43. The van der Waals surface area contributed by atoms with Gasteiger partial charge < -0.3 is 14.6 Å². The maximum Gasteiger partial charge on any atom is 0.179 e. The SMILES string of the molecule is CC.Cc1noc(C)c1-c1cc(C(O)(c2cnccn2)c2cnccn2)c2nc(C3CC3)[nH]c2c1. The quantitative estimate of drug-likeness (QED) is 0.382. The van der Waals surface area contributed by atoms with Crippen molar-refractivity contribution >= 4 is 11.0 Å². The minimum absolute atomic E-state index is 0.332. The fourth-order valence-corrected chi connectivity index (χ4v) is 4.38. The topological polar surface area (TPSA) is 126 Å². The molecule has 1 fully saturated rings. The number of aliphatic hydroxyl groups is 1. The molecule has 1 saturated carbocycles. The molecule has 178 valence electrons. The summed E-state index contributed by atoms with van der Waals surface area (Å²) in [6.45, 7) is 7.77. The first-order valence-corrected chi connectivity index (χ1v) is 11.8. The number of benzene rings is 1. The summed E-state index contributed by atoms with van der Waals surface area (Å²) in [5.74, 6) is 2.03. The van der Waals surface area contributed by atoms with Crippen molar-refractivity contribution in [3.8, 4) is 11.1 Å². The Labute approximate surface area is 202 Å². The zero-order valence-electron chi connectivity index (χ0n) is 20.1. The molecule has 0 radical (unpaired) electrons. The molecule has 6 rings (SSSR count). The number of hydrogen-bond donors (Lipinski definition) is 2. The van der Waals surface area contributed by atoms with Gasteiger partial charge >= 0.3 is 0 Å². The van der Waals surface area contributed by atoms with Gasteiger partial charge in [0.2, 0.25) is 0 Å². The van der Waals surface area contributed by atoms with Crippen molar-refractivity contribution in [1.82, 2.24) is 35.1 Å². The van der Waals surface area contributed by atoms with E-state index in [1.807, 2.05) is 39.8 Å². The molecule has 4 heterocycles. The van der Waals surface area contributed by atoms with Gasteiger partial charge in [-0.25, -0.2) is 4.98 Å². The minimum atomic E-state index is -1.73. The first kappa shape index (κ1) is 22.8. The summed E-state index contributed by atoms with van der Waals surface area (Å²) < 4.78 is 5.43. The molecule has 0 bridgehead atoms. The molecule has 0 spiro atoms. The van der Waals surface area contributed by atoms with Crippen LogP contribution in [-0.4, -0.2) is 40.2 Å². The number of rotatable bonds is 5. The van der Waals surface area contributed by atoms with Crippen LogP contribution in [0.2, 0.25) is 0 Å². The van der Waals surface area contributed by atoms with E-state index >= 15 is 0 Å². The molecule has 1 aliphatic carbocycles. The summed E-state index contributed by atoms with van der Waals surface area (Å²) in [4.78, 5) is 25.7. The Morgan fingerprint density at radius 3 is 2.14 bits per heavy atom. The molecule has 9 nitrogen and oxygen atoms in total. The van der Waals surface area contributed by atoms with Gasteiger partial charge in [-0.3, -0.25) is 19.9 Å². The van der Waals surface area contributed by atoms with Gasteiger partial charge in [-0.15, -0.1) is 0 Å². The Morgan fingerprint density at radius 1 is 0.971 bits per heavy atom. The Bertz CT molecular complexity index is 1400. The Morgan fingerprint density at radius 2 is 1.63 bits per heavy atom. The summed E-state index contributed by atoms with van der Waals surface area (Å²) in [5, 5.41) is 16.5. The van der Waals surface area contributed by atoms with Crippen LogP contribution in [-0.2, 0) is 5.60 Å². The lowest BCUT2D eigenvalue weighted by atomic mass is 9.84. The van der Waals surface area contributed by atoms with Crippen LogP contribution in [0.5, 0.6) is 0 Å². The van der Waals surface area contributed by atoms with Crippen LogP contribution < -0.4 is 0 Å². The number of aryl methyl sites for hydroxylation is 2. The van der Waals surface area contributed by atoms with E-state index in [2.05, 4.69) is 30.1 Å². The van der Waals surface area contributed by atoms with Crippen LogP contribution in [0.1, 0.15) is 66.8 Å². The second kappa shape index (κ2) is 8.99. The minimum Gasteiger partial charge on any atom is -0.373 e. The van der Waals surface area contributed by atoms with Crippen molar-refractivity contribution in [2.75, 3.05) is 0 Å². The lowest BCUT2D eigenvalue weighted by Gasteiger charge is -2.27. The molecule has 0 saturated heterocycles. The summed E-state index contributed by atoms with van der Waals surface area (Å²) in [5.41, 5.74) is 3.44. The van der Waals surface area contributed by atoms with Gasteiger partial charge in [-0.05, 0) is 44.4 Å². The van der Waals surface area contributed by atoms with E-state index in [0.29, 0.717) is 34.1 Å². The molecule has 0 atom stereocenters. The van der Waals surface area contributed by atoms with E-state index < -0.39 is 5.60 Å². The Kier molecular flexibility index (Phi) is 5.86. The highest BCUT2D eigenvalue weighted by atomic mass is 16.5. The summed E-state index contributed by atoms with van der Waals surface area (Å²) >= 11 is 0. The normalized spacial score (nSPS) is 13.5. The third kappa shape index (κ3) is 3.87. The zero-order chi connectivity index (χ0) is 24.6. The fraction of sp³-hybridized carbons (Fsp3) is 0.308. The van der Waals surface area contributed by atoms with Crippen LogP contribution in [0, 0.1) is 13.8 Å². The summed E-state index contributed by atoms with van der Waals surface area (Å²) in [6.07, 6.45) is 11.5. The summed E-state index contributed by atoms with van der Waals surface area (Å²) in [7, 11) is 0. The highest BCUT2D eigenvalue weighted by molar-refractivity contribution is 5.88. The van der Waals surface area contributed by atoms with Crippen molar-refractivity contribution in [3.63, 3.8) is 0 Å². The van der Waals surface area contributed by atoms with Crippen molar-refractivity contribution in [1.29, 1.82) is 0 Å². The summed E-state index contributed by atoms with van der Waals surface area (Å²) in [6, 6.07) is 3.94.